The number of hydrogen-bond acceptors (Lipinski definition) is 3. The Morgan fingerprint density at radius 1 is 1.29 bits per heavy atom. The minimum absolute atomic E-state index is 0.301. The molecule has 2 rings (SSSR count). The quantitative estimate of drug-likeness (QED) is 0.817. The van der Waals surface area contributed by atoms with Gasteiger partial charge in [0.1, 0.15) is 5.69 Å². The molecule has 2 aromatic rings. The fourth-order valence-electron chi connectivity index (χ4n) is 1.97. The van der Waals surface area contributed by atoms with E-state index in [1.165, 1.54) is 16.2 Å². The number of nitrogens with one attached hydrogen (secondary N) is 2. The second kappa shape index (κ2) is 6.44. The van der Waals surface area contributed by atoms with Crippen molar-refractivity contribution >= 4 is 39.1 Å². The Kier molecular flexibility index (Phi) is 4.84. The van der Waals surface area contributed by atoms with Gasteiger partial charge in [-0.3, -0.25) is 20.4 Å². The summed E-state index contributed by atoms with van der Waals surface area (Å²) in [7, 11) is 1.76. The molecule has 0 bridgehead atoms. The number of carbonyl (C=O) groups excluding carboxylic acids is 2. The SMILES string of the molecule is CCc1sc(C(=O)NNC(=O)c2cc(Br)cn2C)cc1C. The summed E-state index contributed by atoms with van der Waals surface area (Å²) in [6.45, 7) is 4.03. The molecule has 7 heteroatoms. The van der Waals surface area contributed by atoms with Gasteiger partial charge in [-0.2, -0.15) is 0 Å². The smallest absolute Gasteiger partial charge is 0.286 e. The van der Waals surface area contributed by atoms with Crippen LogP contribution < -0.4 is 10.9 Å². The van der Waals surface area contributed by atoms with E-state index in [1.54, 1.807) is 23.9 Å². The number of halogens is 1. The predicted octanol–water partition coefficient (Wildman–Crippen LogP) is 2.79. The Hall–Kier alpha value is -1.60. The molecule has 0 saturated carbocycles. The van der Waals surface area contributed by atoms with Crippen molar-refractivity contribution < 1.29 is 9.59 Å². The van der Waals surface area contributed by atoms with E-state index in [0.29, 0.717) is 10.6 Å². The van der Waals surface area contributed by atoms with Gasteiger partial charge < -0.3 is 4.57 Å². The van der Waals surface area contributed by atoms with Crippen molar-refractivity contribution in [2.75, 3.05) is 0 Å². The zero-order valence-electron chi connectivity index (χ0n) is 12.0. The van der Waals surface area contributed by atoms with E-state index in [9.17, 15) is 9.59 Å². The van der Waals surface area contributed by atoms with Gasteiger partial charge in [-0.15, -0.1) is 11.3 Å². The molecule has 2 N–H and O–H groups in total. The number of rotatable bonds is 3. The first kappa shape index (κ1) is 15.8. The fourth-order valence-corrected chi connectivity index (χ4v) is 3.50. The second-order valence-corrected chi connectivity index (χ2v) is 6.69. The van der Waals surface area contributed by atoms with E-state index in [1.807, 2.05) is 13.0 Å². The molecule has 2 heterocycles. The van der Waals surface area contributed by atoms with Crippen molar-refractivity contribution in [3.63, 3.8) is 0 Å². The van der Waals surface area contributed by atoms with E-state index in [4.69, 9.17) is 0 Å². The Labute approximate surface area is 135 Å². The number of hydrogen-bond donors (Lipinski definition) is 2. The minimum atomic E-state index is -0.361. The largest absolute Gasteiger partial charge is 0.345 e. The van der Waals surface area contributed by atoms with Crippen molar-refractivity contribution in [2.45, 2.75) is 20.3 Å². The maximum absolute atomic E-state index is 12.0. The number of nitrogens with zero attached hydrogens (tertiary/aromatic N) is 1. The second-order valence-electron chi connectivity index (χ2n) is 4.63. The topological polar surface area (TPSA) is 63.1 Å². The molecule has 2 aromatic heterocycles. The van der Waals surface area contributed by atoms with Crippen LogP contribution in [0.15, 0.2) is 22.8 Å². The molecular weight excluding hydrogens is 354 g/mol. The van der Waals surface area contributed by atoms with E-state index in [0.717, 1.165) is 16.5 Å². The monoisotopic (exact) mass is 369 g/mol. The van der Waals surface area contributed by atoms with Gasteiger partial charge in [-0.05, 0) is 47.0 Å². The highest BCUT2D eigenvalue weighted by molar-refractivity contribution is 9.10. The maximum atomic E-state index is 12.0. The normalized spacial score (nSPS) is 10.5. The van der Waals surface area contributed by atoms with Crippen LogP contribution >= 0.6 is 27.3 Å². The van der Waals surface area contributed by atoms with Crippen LogP contribution in [0.4, 0.5) is 0 Å². The third-order valence-corrected chi connectivity index (χ3v) is 4.87. The first-order chi connectivity index (χ1) is 9.92. The van der Waals surface area contributed by atoms with Gasteiger partial charge in [0, 0.05) is 22.6 Å². The molecule has 2 amide bonds. The lowest BCUT2D eigenvalue weighted by molar-refractivity contribution is 0.0844. The molecule has 0 aliphatic carbocycles. The van der Waals surface area contributed by atoms with Crippen LogP contribution in [0.2, 0.25) is 0 Å². The van der Waals surface area contributed by atoms with E-state index in [-0.39, 0.29) is 11.8 Å². The van der Waals surface area contributed by atoms with Crippen LogP contribution in [0, 0.1) is 6.92 Å². The first-order valence-corrected chi connectivity index (χ1v) is 8.05. The first-order valence-electron chi connectivity index (χ1n) is 6.44. The third kappa shape index (κ3) is 3.54. The van der Waals surface area contributed by atoms with Crippen LogP contribution in [0.3, 0.4) is 0 Å². The molecule has 0 unspecified atom stereocenters. The Bertz CT molecular complexity index is 690. The highest BCUT2D eigenvalue weighted by atomic mass is 79.9. The summed E-state index contributed by atoms with van der Waals surface area (Å²) in [4.78, 5) is 25.8. The van der Waals surface area contributed by atoms with Crippen LogP contribution in [-0.4, -0.2) is 16.4 Å². The van der Waals surface area contributed by atoms with Gasteiger partial charge in [-0.25, -0.2) is 0 Å². The van der Waals surface area contributed by atoms with E-state index < -0.39 is 0 Å². The maximum Gasteiger partial charge on any atom is 0.286 e. The Morgan fingerprint density at radius 2 is 1.95 bits per heavy atom. The van der Waals surface area contributed by atoms with E-state index >= 15 is 0 Å². The summed E-state index contributed by atoms with van der Waals surface area (Å²) in [5.74, 6) is -0.662. The van der Waals surface area contributed by atoms with Crippen molar-refractivity contribution in [1.82, 2.24) is 15.4 Å². The zero-order chi connectivity index (χ0) is 15.6. The van der Waals surface area contributed by atoms with Gasteiger partial charge in [0.25, 0.3) is 11.8 Å². The molecule has 21 heavy (non-hydrogen) atoms. The molecule has 0 saturated heterocycles. The zero-order valence-corrected chi connectivity index (χ0v) is 14.4. The minimum Gasteiger partial charge on any atom is -0.345 e. The van der Waals surface area contributed by atoms with Crippen molar-refractivity contribution in [1.29, 1.82) is 0 Å². The Morgan fingerprint density at radius 3 is 2.48 bits per heavy atom. The molecule has 0 spiro atoms. The van der Waals surface area contributed by atoms with Gasteiger partial charge >= 0.3 is 0 Å². The molecule has 0 aromatic carbocycles. The molecule has 0 fully saturated rings. The number of aryl methyl sites for hydroxylation is 3. The van der Waals surface area contributed by atoms with Gasteiger partial charge in [0.2, 0.25) is 0 Å². The standard InChI is InChI=1S/C14H16BrN3O2S/c1-4-11-8(2)5-12(21-11)14(20)17-16-13(19)10-6-9(15)7-18(10)3/h5-7H,4H2,1-3H3,(H,16,19)(H,17,20). The number of aromatic nitrogens is 1. The molecule has 0 radical (unpaired) electrons. The summed E-state index contributed by atoms with van der Waals surface area (Å²) in [5.41, 5.74) is 6.43. The lowest BCUT2D eigenvalue weighted by Crippen LogP contribution is -2.41. The molecule has 0 atom stereocenters. The van der Waals surface area contributed by atoms with Crippen LogP contribution in [0.1, 0.15) is 37.5 Å². The molecule has 0 aliphatic rings. The third-order valence-electron chi connectivity index (χ3n) is 3.06. The summed E-state index contributed by atoms with van der Waals surface area (Å²) in [6, 6.07) is 3.52. The van der Waals surface area contributed by atoms with Crippen molar-refractivity contribution in [2.24, 2.45) is 7.05 Å². The highest BCUT2D eigenvalue weighted by Crippen LogP contribution is 2.22. The van der Waals surface area contributed by atoms with Crippen molar-refractivity contribution in [3.05, 3.63) is 43.8 Å². The van der Waals surface area contributed by atoms with Gasteiger partial charge in [0.15, 0.2) is 0 Å². The highest BCUT2D eigenvalue weighted by Gasteiger charge is 2.15. The molecular formula is C14H16BrN3O2S. The van der Waals surface area contributed by atoms with E-state index in [2.05, 4.69) is 33.7 Å². The van der Waals surface area contributed by atoms with Crippen LogP contribution in [0.25, 0.3) is 0 Å². The number of thiophene rings is 1. The summed E-state index contributed by atoms with van der Waals surface area (Å²) < 4.78 is 2.48. The van der Waals surface area contributed by atoms with Crippen molar-refractivity contribution in [3.8, 4) is 0 Å². The molecule has 112 valence electrons. The number of hydrazine groups is 1. The van der Waals surface area contributed by atoms with Crippen LogP contribution in [-0.2, 0) is 13.5 Å². The lowest BCUT2D eigenvalue weighted by atomic mass is 10.2. The van der Waals surface area contributed by atoms with Gasteiger partial charge in [-0.1, -0.05) is 6.92 Å². The Balaban J connectivity index is 2.00. The average molecular weight is 370 g/mol. The molecule has 5 nitrogen and oxygen atoms in total. The lowest BCUT2D eigenvalue weighted by Gasteiger charge is -2.06. The summed E-state index contributed by atoms with van der Waals surface area (Å²) in [5, 5.41) is 0. The predicted molar refractivity (Wildman–Crippen MR) is 86.5 cm³/mol. The summed E-state index contributed by atoms with van der Waals surface area (Å²) >= 11 is 4.75. The van der Waals surface area contributed by atoms with Crippen LogP contribution in [0.5, 0.6) is 0 Å². The average Bonchev–Trinajstić information content (AvgIpc) is 2.98. The number of amides is 2. The number of carbonyl (C=O) groups is 2. The fraction of sp³-hybridized carbons (Fsp3) is 0.286. The molecule has 0 aliphatic heterocycles. The van der Waals surface area contributed by atoms with Gasteiger partial charge in [0.05, 0.1) is 4.88 Å². The summed E-state index contributed by atoms with van der Waals surface area (Å²) in [6.07, 6.45) is 2.67.